The fourth-order valence-corrected chi connectivity index (χ4v) is 2.88. The minimum atomic E-state index is -0.871. The van der Waals surface area contributed by atoms with Gasteiger partial charge in [-0.05, 0) is 31.0 Å². The highest BCUT2D eigenvalue weighted by molar-refractivity contribution is 7.13. The van der Waals surface area contributed by atoms with Crippen molar-refractivity contribution in [1.29, 1.82) is 0 Å². The third-order valence-corrected chi connectivity index (χ3v) is 3.66. The normalized spacial score (nSPS) is 10.5. The number of thiazole rings is 1. The van der Waals surface area contributed by atoms with Gasteiger partial charge in [0.15, 0.2) is 0 Å². The van der Waals surface area contributed by atoms with E-state index in [1.165, 1.54) is 11.3 Å². The van der Waals surface area contributed by atoms with Crippen molar-refractivity contribution in [2.75, 3.05) is 7.11 Å². The van der Waals surface area contributed by atoms with Gasteiger partial charge in [-0.3, -0.25) is 4.79 Å². The van der Waals surface area contributed by atoms with Gasteiger partial charge in [-0.25, -0.2) is 4.98 Å². The van der Waals surface area contributed by atoms with E-state index in [0.29, 0.717) is 5.69 Å². The van der Waals surface area contributed by atoms with Crippen LogP contribution in [0.25, 0.3) is 10.6 Å². The number of nitrogens with zero attached hydrogens (tertiary/aromatic N) is 1. The minimum Gasteiger partial charge on any atom is -0.496 e. The lowest BCUT2D eigenvalue weighted by molar-refractivity contribution is -0.136. The standard InChI is InChI=1S/C14H15NO3S/c1-8-4-9(2)13(18-3)11(5-8)14-15-10(7-19-14)6-12(16)17/h4-5,7H,6H2,1-3H3,(H,16,17). The summed E-state index contributed by atoms with van der Waals surface area (Å²) in [5, 5.41) is 11.3. The van der Waals surface area contributed by atoms with Crippen LogP contribution >= 0.6 is 11.3 Å². The van der Waals surface area contributed by atoms with Crippen LogP contribution in [0.3, 0.4) is 0 Å². The third-order valence-electron chi connectivity index (χ3n) is 2.74. The molecule has 0 aliphatic rings. The van der Waals surface area contributed by atoms with E-state index < -0.39 is 5.97 Å². The molecule has 5 heteroatoms. The molecule has 0 aliphatic carbocycles. The van der Waals surface area contributed by atoms with Crippen molar-refractivity contribution < 1.29 is 14.6 Å². The number of hydrogen-bond donors (Lipinski definition) is 1. The lowest BCUT2D eigenvalue weighted by Gasteiger charge is -2.10. The lowest BCUT2D eigenvalue weighted by atomic mass is 10.1. The number of methoxy groups -OCH3 is 1. The molecule has 1 aromatic carbocycles. The predicted octanol–water partition coefficient (Wildman–Crippen LogP) is 3.06. The monoisotopic (exact) mass is 277 g/mol. The molecular formula is C14H15NO3S. The number of ether oxygens (including phenoxy) is 1. The molecule has 1 N–H and O–H groups in total. The van der Waals surface area contributed by atoms with Crippen molar-refractivity contribution in [1.82, 2.24) is 4.98 Å². The number of aromatic nitrogens is 1. The zero-order chi connectivity index (χ0) is 14.0. The molecule has 0 bridgehead atoms. The van der Waals surface area contributed by atoms with E-state index in [9.17, 15) is 4.79 Å². The van der Waals surface area contributed by atoms with Crippen LogP contribution in [-0.4, -0.2) is 23.2 Å². The number of carbonyl (C=O) groups is 1. The number of rotatable bonds is 4. The zero-order valence-corrected chi connectivity index (χ0v) is 11.9. The van der Waals surface area contributed by atoms with Gasteiger partial charge in [0.25, 0.3) is 0 Å². The van der Waals surface area contributed by atoms with Gasteiger partial charge in [0.2, 0.25) is 0 Å². The second-order valence-corrected chi connectivity index (χ2v) is 5.24. The van der Waals surface area contributed by atoms with Gasteiger partial charge in [0.05, 0.1) is 24.8 Å². The second-order valence-electron chi connectivity index (χ2n) is 4.38. The summed E-state index contributed by atoms with van der Waals surface area (Å²) in [5.74, 6) is -0.0777. The molecule has 1 heterocycles. The van der Waals surface area contributed by atoms with Gasteiger partial charge in [0, 0.05) is 5.38 Å². The van der Waals surface area contributed by atoms with Crippen molar-refractivity contribution in [3.63, 3.8) is 0 Å². The molecule has 1 aromatic heterocycles. The number of aliphatic carboxylic acids is 1. The van der Waals surface area contributed by atoms with Crippen molar-refractivity contribution in [3.05, 3.63) is 34.3 Å². The Balaban J connectivity index is 2.46. The quantitative estimate of drug-likeness (QED) is 0.933. The first-order chi connectivity index (χ1) is 9.01. The average Bonchev–Trinajstić information content (AvgIpc) is 2.75. The Morgan fingerprint density at radius 2 is 2.16 bits per heavy atom. The van der Waals surface area contributed by atoms with E-state index in [1.807, 2.05) is 26.0 Å². The Morgan fingerprint density at radius 3 is 2.79 bits per heavy atom. The molecule has 0 spiro atoms. The highest BCUT2D eigenvalue weighted by Gasteiger charge is 2.14. The molecule has 0 unspecified atom stereocenters. The second kappa shape index (κ2) is 5.40. The van der Waals surface area contributed by atoms with E-state index in [4.69, 9.17) is 9.84 Å². The maximum atomic E-state index is 10.7. The first-order valence-corrected chi connectivity index (χ1v) is 6.71. The van der Waals surface area contributed by atoms with Gasteiger partial charge in [0.1, 0.15) is 10.8 Å². The smallest absolute Gasteiger partial charge is 0.309 e. The van der Waals surface area contributed by atoms with Crippen molar-refractivity contribution in [2.24, 2.45) is 0 Å². The van der Waals surface area contributed by atoms with Crippen LogP contribution < -0.4 is 4.74 Å². The maximum Gasteiger partial charge on any atom is 0.309 e. The number of carboxylic acids is 1. The predicted molar refractivity (Wildman–Crippen MR) is 74.9 cm³/mol. The van der Waals surface area contributed by atoms with E-state index in [2.05, 4.69) is 4.98 Å². The van der Waals surface area contributed by atoms with E-state index in [1.54, 1.807) is 12.5 Å². The molecule has 4 nitrogen and oxygen atoms in total. The molecular weight excluding hydrogens is 262 g/mol. The molecule has 0 radical (unpaired) electrons. The SMILES string of the molecule is COc1c(C)cc(C)cc1-c1nc(CC(=O)O)cs1. The van der Waals surface area contributed by atoms with Crippen LogP contribution in [0.1, 0.15) is 16.8 Å². The molecule has 0 amide bonds. The first kappa shape index (κ1) is 13.5. The highest BCUT2D eigenvalue weighted by atomic mass is 32.1. The number of hydrogen-bond acceptors (Lipinski definition) is 4. The number of aryl methyl sites for hydroxylation is 2. The van der Waals surface area contributed by atoms with Gasteiger partial charge in [-0.15, -0.1) is 11.3 Å². The zero-order valence-electron chi connectivity index (χ0n) is 11.1. The van der Waals surface area contributed by atoms with Gasteiger partial charge in [-0.2, -0.15) is 0 Å². The molecule has 0 fully saturated rings. The summed E-state index contributed by atoms with van der Waals surface area (Å²) in [6.45, 7) is 4.00. The topological polar surface area (TPSA) is 59.4 Å². The molecule has 0 saturated heterocycles. The fraction of sp³-hybridized carbons (Fsp3) is 0.286. The maximum absolute atomic E-state index is 10.7. The molecule has 0 saturated carbocycles. The first-order valence-electron chi connectivity index (χ1n) is 5.83. The summed E-state index contributed by atoms with van der Waals surface area (Å²) in [6.07, 6.45) is -0.0520. The van der Waals surface area contributed by atoms with Crippen molar-refractivity contribution >= 4 is 17.3 Å². The Labute approximate surface area is 115 Å². The molecule has 2 aromatic rings. The summed E-state index contributed by atoms with van der Waals surface area (Å²) < 4.78 is 5.43. The van der Waals surface area contributed by atoms with Crippen molar-refractivity contribution in [3.8, 4) is 16.3 Å². The fourth-order valence-electron chi connectivity index (χ4n) is 2.05. The van der Waals surface area contributed by atoms with Crippen molar-refractivity contribution in [2.45, 2.75) is 20.3 Å². The lowest BCUT2D eigenvalue weighted by Crippen LogP contribution is -2.00. The van der Waals surface area contributed by atoms with Crippen LogP contribution in [0.2, 0.25) is 0 Å². The summed E-state index contributed by atoms with van der Waals surface area (Å²) in [5.41, 5.74) is 3.67. The summed E-state index contributed by atoms with van der Waals surface area (Å²) in [6, 6.07) is 4.06. The van der Waals surface area contributed by atoms with Gasteiger partial charge < -0.3 is 9.84 Å². The van der Waals surface area contributed by atoms with E-state index >= 15 is 0 Å². The molecule has 0 aliphatic heterocycles. The van der Waals surface area contributed by atoms with Crippen LogP contribution in [0.5, 0.6) is 5.75 Å². The summed E-state index contributed by atoms with van der Waals surface area (Å²) in [7, 11) is 1.63. The van der Waals surface area contributed by atoms with Crippen LogP contribution in [0.4, 0.5) is 0 Å². The van der Waals surface area contributed by atoms with Gasteiger partial charge in [-0.1, -0.05) is 6.07 Å². The van der Waals surface area contributed by atoms with Crippen LogP contribution in [0, 0.1) is 13.8 Å². The van der Waals surface area contributed by atoms with Crippen LogP contribution in [-0.2, 0) is 11.2 Å². The number of benzene rings is 1. The molecule has 2 rings (SSSR count). The Morgan fingerprint density at radius 1 is 1.42 bits per heavy atom. The summed E-state index contributed by atoms with van der Waals surface area (Å²) in [4.78, 5) is 15.1. The Hall–Kier alpha value is -1.88. The molecule has 19 heavy (non-hydrogen) atoms. The Kier molecular flexibility index (Phi) is 3.85. The summed E-state index contributed by atoms with van der Waals surface area (Å²) >= 11 is 1.44. The van der Waals surface area contributed by atoms with Gasteiger partial charge >= 0.3 is 5.97 Å². The van der Waals surface area contributed by atoms with E-state index in [-0.39, 0.29) is 6.42 Å². The average molecular weight is 277 g/mol. The largest absolute Gasteiger partial charge is 0.496 e. The Bertz CT molecular complexity index is 619. The van der Waals surface area contributed by atoms with E-state index in [0.717, 1.165) is 27.4 Å². The van der Waals surface area contributed by atoms with Crippen LogP contribution in [0.15, 0.2) is 17.5 Å². The molecule has 100 valence electrons. The minimum absolute atomic E-state index is 0.0520. The third kappa shape index (κ3) is 2.93. The number of carboxylic acid groups (broad SMARTS) is 1. The molecule has 0 atom stereocenters. The highest BCUT2D eigenvalue weighted by Crippen LogP contribution is 2.35.